The second kappa shape index (κ2) is 4.46. The van der Waals surface area contributed by atoms with Crippen LogP contribution in [0.15, 0.2) is 34.7 Å². The van der Waals surface area contributed by atoms with Crippen LogP contribution in [0.25, 0.3) is 11.0 Å². The van der Waals surface area contributed by atoms with Gasteiger partial charge in [0.1, 0.15) is 5.58 Å². The van der Waals surface area contributed by atoms with Crippen molar-refractivity contribution < 1.29 is 13.9 Å². The molecule has 1 unspecified atom stereocenters. The molecule has 2 heterocycles. The highest BCUT2D eigenvalue weighted by Gasteiger charge is 2.24. The third-order valence-electron chi connectivity index (χ3n) is 3.16. The number of hydrogen-bond donors (Lipinski definition) is 0. The second-order valence-corrected chi connectivity index (χ2v) is 4.58. The van der Waals surface area contributed by atoms with Crippen molar-refractivity contribution in [2.75, 3.05) is 19.7 Å². The van der Waals surface area contributed by atoms with Gasteiger partial charge in [-0.05, 0) is 19.1 Å². The molecule has 1 saturated heterocycles. The van der Waals surface area contributed by atoms with Crippen LogP contribution in [0.5, 0.6) is 0 Å². The Morgan fingerprint density at radius 2 is 2.22 bits per heavy atom. The lowest BCUT2D eigenvalue weighted by Gasteiger charge is -2.30. The molecule has 3 rings (SSSR count). The molecule has 0 aliphatic carbocycles. The van der Waals surface area contributed by atoms with Crippen molar-refractivity contribution in [3.63, 3.8) is 0 Å². The maximum absolute atomic E-state index is 12.3. The fourth-order valence-corrected chi connectivity index (χ4v) is 2.25. The monoisotopic (exact) mass is 245 g/mol. The number of morpholine rings is 1. The molecule has 1 atom stereocenters. The largest absolute Gasteiger partial charge is 0.451 e. The summed E-state index contributed by atoms with van der Waals surface area (Å²) in [5.41, 5.74) is 0.752. The van der Waals surface area contributed by atoms with Gasteiger partial charge in [0.25, 0.3) is 5.91 Å². The average Bonchev–Trinajstić information content (AvgIpc) is 2.81. The Morgan fingerprint density at radius 3 is 3.00 bits per heavy atom. The van der Waals surface area contributed by atoms with Crippen molar-refractivity contribution in [1.82, 2.24) is 4.90 Å². The van der Waals surface area contributed by atoms with Gasteiger partial charge in [0.15, 0.2) is 5.76 Å². The number of fused-ring (bicyclic) bond motifs is 1. The first-order valence-electron chi connectivity index (χ1n) is 6.13. The van der Waals surface area contributed by atoms with Gasteiger partial charge in [-0.25, -0.2) is 0 Å². The Labute approximate surface area is 105 Å². The van der Waals surface area contributed by atoms with E-state index >= 15 is 0 Å². The van der Waals surface area contributed by atoms with Crippen molar-refractivity contribution in [1.29, 1.82) is 0 Å². The van der Waals surface area contributed by atoms with Crippen molar-refractivity contribution >= 4 is 16.9 Å². The molecule has 1 aliphatic rings. The molecular weight excluding hydrogens is 230 g/mol. The highest BCUT2D eigenvalue weighted by molar-refractivity contribution is 5.96. The van der Waals surface area contributed by atoms with Gasteiger partial charge in [-0.2, -0.15) is 0 Å². The van der Waals surface area contributed by atoms with E-state index in [1.165, 1.54) is 0 Å². The number of para-hydroxylation sites is 1. The Bertz CT molecular complexity index is 542. The van der Waals surface area contributed by atoms with Crippen LogP contribution in [0.4, 0.5) is 0 Å². The Kier molecular flexibility index (Phi) is 2.80. The number of hydrogen-bond acceptors (Lipinski definition) is 3. The van der Waals surface area contributed by atoms with E-state index in [4.69, 9.17) is 9.15 Å². The minimum absolute atomic E-state index is 0.0543. The number of benzene rings is 1. The van der Waals surface area contributed by atoms with Crippen LogP contribution < -0.4 is 0 Å². The molecule has 4 heteroatoms. The van der Waals surface area contributed by atoms with E-state index in [1.807, 2.05) is 31.2 Å². The van der Waals surface area contributed by atoms with Crippen LogP contribution in [0.3, 0.4) is 0 Å². The molecule has 0 radical (unpaired) electrons. The zero-order valence-corrected chi connectivity index (χ0v) is 10.3. The lowest BCUT2D eigenvalue weighted by molar-refractivity contribution is -0.0134. The van der Waals surface area contributed by atoms with Gasteiger partial charge in [-0.3, -0.25) is 4.79 Å². The first-order valence-corrected chi connectivity index (χ1v) is 6.13. The second-order valence-electron chi connectivity index (χ2n) is 4.58. The van der Waals surface area contributed by atoms with Crippen LogP contribution in [0, 0.1) is 0 Å². The maximum atomic E-state index is 12.3. The molecule has 1 aromatic carbocycles. The van der Waals surface area contributed by atoms with Crippen LogP contribution in [0.2, 0.25) is 0 Å². The molecule has 0 spiro atoms. The fraction of sp³-hybridized carbons (Fsp3) is 0.357. The lowest BCUT2D eigenvalue weighted by Crippen LogP contribution is -2.44. The summed E-state index contributed by atoms with van der Waals surface area (Å²) in [6, 6.07) is 9.45. The first-order chi connectivity index (χ1) is 8.74. The summed E-state index contributed by atoms with van der Waals surface area (Å²) >= 11 is 0. The molecule has 1 fully saturated rings. The SMILES string of the molecule is CC1CN(C(=O)c2cc3ccccc3o2)CCO1. The molecule has 1 amide bonds. The first kappa shape index (κ1) is 11.3. The third kappa shape index (κ3) is 1.99. The Morgan fingerprint density at radius 1 is 1.39 bits per heavy atom. The van der Waals surface area contributed by atoms with Gasteiger partial charge in [0.2, 0.25) is 0 Å². The zero-order chi connectivity index (χ0) is 12.5. The number of rotatable bonds is 1. The third-order valence-corrected chi connectivity index (χ3v) is 3.16. The van der Waals surface area contributed by atoms with E-state index in [0.29, 0.717) is 25.5 Å². The molecule has 0 N–H and O–H groups in total. The van der Waals surface area contributed by atoms with Gasteiger partial charge in [-0.1, -0.05) is 18.2 Å². The summed E-state index contributed by atoms with van der Waals surface area (Å²) in [6.45, 7) is 3.81. The lowest BCUT2D eigenvalue weighted by atomic mass is 10.2. The molecule has 94 valence electrons. The predicted octanol–water partition coefficient (Wildman–Crippen LogP) is 2.29. The summed E-state index contributed by atoms with van der Waals surface area (Å²) in [5, 5.41) is 0.960. The van der Waals surface area contributed by atoms with Crippen molar-refractivity contribution in [3.8, 4) is 0 Å². The van der Waals surface area contributed by atoms with Crippen molar-refractivity contribution in [3.05, 3.63) is 36.1 Å². The predicted molar refractivity (Wildman–Crippen MR) is 67.5 cm³/mol. The van der Waals surface area contributed by atoms with Gasteiger partial charge in [-0.15, -0.1) is 0 Å². The van der Waals surface area contributed by atoms with Gasteiger partial charge in [0.05, 0.1) is 12.7 Å². The molecule has 1 aliphatic heterocycles. The normalized spacial score (nSPS) is 20.3. The van der Waals surface area contributed by atoms with E-state index in [0.717, 1.165) is 11.0 Å². The smallest absolute Gasteiger partial charge is 0.289 e. The topological polar surface area (TPSA) is 42.7 Å². The molecule has 0 saturated carbocycles. The highest BCUT2D eigenvalue weighted by Crippen LogP contribution is 2.20. The Balaban J connectivity index is 1.87. The number of ether oxygens (including phenoxy) is 1. The molecule has 1 aromatic heterocycles. The molecule has 18 heavy (non-hydrogen) atoms. The minimum Gasteiger partial charge on any atom is -0.451 e. The van der Waals surface area contributed by atoms with E-state index in [9.17, 15) is 4.79 Å². The summed E-state index contributed by atoms with van der Waals surface area (Å²) < 4.78 is 11.0. The van der Waals surface area contributed by atoms with Crippen LogP contribution >= 0.6 is 0 Å². The van der Waals surface area contributed by atoms with E-state index < -0.39 is 0 Å². The number of carbonyl (C=O) groups is 1. The van der Waals surface area contributed by atoms with E-state index in [1.54, 1.807) is 11.0 Å². The van der Waals surface area contributed by atoms with Gasteiger partial charge >= 0.3 is 0 Å². The standard InChI is InChI=1S/C14H15NO3/c1-10-9-15(6-7-17-10)14(16)13-8-11-4-2-3-5-12(11)18-13/h2-5,8,10H,6-7,9H2,1H3. The number of amides is 1. The van der Waals surface area contributed by atoms with Crippen molar-refractivity contribution in [2.24, 2.45) is 0 Å². The van der Waals surface area contributed by atoms with E-state index in [2.05, 4.69) is 0 Å². The van der Waals surface area contributed by atoms with Gasteiger partial charge in [0, 0.05) is 18.5 Å². The van der Waals surface area contributed by atoms with Crippen molar-refractivity contribution in [2.45, 2.75) is 13.0 Å². The van der Waals surface area contributed by atoms with Crippen LogP contribution in [-0.4, -0.2) is 36.6 Å². The minimum atomic E-state index is -0.0543. The molecular formula is C14H15NO3. The average molecular weight is 245 g/mol. The summed E-state index contributed by atoms with van der Waals surface area (Å²) in [6.07, 6.45) is 0.0899. The summed E-state index contributed by atoms with van der Waals surface area (Å²) in [4.78, 5) is 14.1. The number of nitrogens with zero attached hydrogens (tertiary/aromatic N) is 1. The quantitative estimate of drug-likeness (QED) is 0.774. The van der Waals surface area contributed by atoms with Crippen LogP contribution in [-0.2, 0) is 4.74 Å². The Hall–Kier alpha value is -1.81. The van der Waals surface area contributed by atoms with Gasteiger partial charge < -0.3 is 14.1 Å². The number of carbonyl (C=O) groups excluding carboxylic acids is 1. The van der Waals surface area contributed by atoms with Crippen LogP contribution in [0.1, 0.15) is 17.5 Å². The summed E-state index contributed by atoms with van der Waals surface area (Å²) in [5.74, 6) is 0.353. The maximum Gasteiger partial charge on any atom is 0.289 e. The summed E-state index contributed by atoms with van der Waals surface area (Å²) in [7, 11) is 0. The van der Waals surface area contributed by atoms with E-state index in [-0.39, 0.29) is 12.0 Å². The molecule has 4 nitrogen and oxygen atoms in total. The molecule has 0 bridgehead atoms. The highest BCUT2D eigenvalue weighted by atomic mass is 16.5. The zero-order valence-electron chi connectivity index (χ0n) is 10.3. The fourth-order valence-electron chi connectivity index (χ4n) is 2.25. The number of furan rings is 1. The molecule has 2 aromatic rings.